The van der Waals surface area contributed by atoms with Gasteiger partial charge in [0.15, 0.2) is 0 Å². The van der Waals surface area contributed by atoms with Crippen molar-refractivity contribution in [2.24, 2.45) is 0 Å². The highest BCUT2D eigenvalue weighted by atomic mass is 16.5. The van der Waals surface area contributed by atoms with E-state index in [2.05, 4.69) is 35.1 Å². The summed E-state index contributed by atoms with van der Waals surface area (Å²) in [6.07, 6.45) is 1.88. The molecule has 1 fully saturated rings. The summed E-state index contributed by atoms with van der Waals surface area (Å²) in [4.78, 5) is 19.2. The molecule has 4 rings (SSSR count). The molecule has 2 aromatic carbocycles. The van der Waals surface area contributed by atoms with E-state index in [4.69, 9.17) is 9.47 Å². The van der Waals surface area contributed by atoms with Crippen molar-refractivity contribution in [2.45, 2.75) is 26.1 Å². The summed E-state index contributed by atoms with van der Waals surface area (Å²) in [5.41, 5.74) is 2.17. The number of carbonyl (C=O) groups excluding carboxylic acids is 1. The summed E-state index contributed by atoms with van der Waals surface area (Å²) in [5, 5.41) is 4.95. The third kappa shape index (κ3) is 3.89. The third-order valence-electron chi connectivity index (χ3n) is 5.10. The van der Waals surface area contributed by atoms with E-state index in [1.54, 1.807) is 31.5 Å². The van der Waals surface area contributed by atoms with Crippen LogP contribution in [0.15, 0.2) is 54.7 Å². The van der Waals surface area contributed by atoms with Crippen LogP contribution in [0.4, 0.5) is 11.4 Å². The highest BCUT2D eigenvalue weighted by molar-refractivity contribution is 6.13. The minimum atomic E-state index is -0.240. The van der Waals surface area contributed by atoms with Crippen molar-refractivity contribution in [1.29, 1.82) is 0 Å². The first kappa shape index (κ1) is 19.2. The van der Waals surface area contributed by atoms with Crippen LogP contribution in [0.1, 0.15) is 24.3 Å². The molecule has 29 heavy (non-hydrogen) atoms. The first-order valence-corrected chi connectivity index (χ1v) is 9.79. The molecule has 0 aliphatic carbocycles. The van der Waals surface area contributed by atoms with Gasteiger partial charge < -0.3 is 19.7 Å². The Kier molecular flexibility index (Phi) is 5.36. The number of nitrogens with one attached hydrogen (secondary N) is 1. The fourth-order valence-corrected chi connectivity index (χ4v) is 3.97. The van der Waals surface area contributed by atoms with Gasteiger partial charge in [-0.2, -0.15) is 0 Å². The van der Waals surface area contributed by atoms with Crippen LogP contribution in [0, 0.1) is 0 Å². The normalized spacial score (nSPS) is 19.2. The van der Waals surface area contributed by atoms with Crippen LogP contribution in [0.3, 0.4) is 0 Å². The molecule has 0 bridgehead atoms. The number of pyridine rings is 1. The van der Waals surface area contributed by atoms with Gasteiger partial charge in [0, 0.05) is 35.7 Å². The van der Waals surface area contributed by atoms with Crippen LogP contribution in [0.2, 0.25) is 0 Å². The quantitative estimate of drug-likeness (QED) is 0.725. The van der Waals surface area contributed by atoms with Gasteiger partial charge in [0.2, 0.25) is 0 Å². The molecule has 1 aliphatic rings. The Balaban J connectivity index is 1.81. The van der Waals surface area contributed by atoms with Gasteiger partial charge in [0.05, 0.1) is 25.0 Å². The molecule has 0 spiro atoms. The molecule has 2 atom stereocenters. The minimum Gasteiger partial charge on any atom is -0.496 e. The Morgan fingerprint density at radius 1 is 1.10 bits per heavy atom. The zero-order valence-electron chi connectivity index (χ0n) is 16.9. The Labute approximate surface area is 170 Å². The van der Waals surface area contributed by atoms with E-state index >= 15 is 0 Å². The van der Waals surface area contributed by atoms with Crippen molar-refractivity contribution in [3.8, 4) is 5.75 Å². The van der Waals surface area contributed by atoms with Crippen LogP contribution < -0.4 is 15.0 Å². The van der Waals surface area contributed by atoms with Crippen molar-refractivity contribution in [2.75, 3.05) is 30.4 Å². The lowest BCUT2D eigenvalue weighted by molar-refractivity contribution is -0.00513. The van der Waals surface area contributed by atoms with Gasteiger partial charge in [-0.1, -0.05) is 18.2 Å². The monoisotopic (exact) mass is 391 g/mol. The van der Waals surface area contributed by atoms with Gasteiger partial charge >= 0.3 is 0 Å². The second-order valence-electron chi connectivity index (χ2n) is 7.35. The molecule has 1 aromatic heterocycles. The molecule has 0 radical (unpaired) electrons. The molecule has 0 saturated carbocycles. The number of rotatable bonds is 4. The van der Waals surface area contributed by atoms with E-state index < -0.39 is 0 Å². The Morgan fingerprint density at radius 2 is 1.90 bits per heavy atom. The average molecular weight is 391 g/mol. The van der Waals surface area contributed by atoms with E-state index in [0.717, 1.165) is 41.0 Å². The van der Waals surface area contributed by atoms with E-state index in [1.165, 1.54) is 0 Å². The maximum atomic E-state index is 12.8. The highest BCUT2D eigenvalue weighted by Gasteiger charge is 2.25. The molecular formula is C23H25N3O3. The fourth-order valence-electron chi connectivity index (χ4n) is 3.97. The maximum Gasteiger partial charge on any atom is 0.274 e. The molecule has 2 heterocycles. The van der Waals surface area contributed by atoms with Crippen LogP contribution >= 0.6 is 0 Å². The molecule has 6 nitrogen and oxygen atoms in total. The topological polar surface area (TPSA) is 63.7 Å². The predicted octanol–water partition coefficient (Wildman–Crippen LogP) is 4.11. The predicted molar refractivity (Wildman–Crippen MR) is 115 cm³/mol. The van der Waals surface area contributed by atoms with E-state index in [-0.39, 0.29) is 18.1 Å². The minimum absolute atomic E-state index is 0.131. The number of nitrogens with zero attached hydrogens (tertiary/aromatic N) is 2. The van der Waals surface area contributed by atoms with E-state index in [0.29, 0.717) is 5.69 Å². The number of hydrogen-bond acceptors (Lipinski definition) is 5. The lowest BCUT2D eigenvalue weighted by Gasteiger charge is -2.37. The molecule has 1 N–H and O–H groups in total. The summed E-state index contributed by atoms with van der Waals surface area (Å²) in [7, 11) is 1.66. The summed E-state index contributed by atoms with van der Waals surface area (Å²) in [5.74, 6) is 0.530. The van der Waals surface area contributed by atoms with Crippen molar-refractivity contribution in [1.82, 2.24) is 4.98 Å². The second-order valence-corrected chi connectivity index (χ2v) is 7.35. The number of morpholine rings is 1. The van der Waals surface area contributed by atoms with Crippen LogP contribution in [0.5, 0.6) is 5.75 Å². The standard InChI is InChI=1S/C23H25N3O3/c1-15-13-26(14-16(2)29-15)20-10-11-21(28-3)17-7-6-9-18(22(17)20)25-23(27)19-8-4-5-12-24-19/h4-12,15-16H,13-14H2,1-3H3,(H,25,27). The van der Waals surface area contributed by atoms with Crippen LogP contribution in [-0.2, 0) is 4.74 Å². The molecule has 2 unspecified atom stereocenters. The number of anilines is 2. The fraction of sp³-hybridized carbons (Fsp3) is 0.304. The smallest absolute Gasteiger partial charge is 0.274 e. The summed E-state index contributed by atoms with van der Waals surface area (Å²) in [6, 6.07) is 15.2. The lowest BCUT2D eigenvalue weighted by Crippen LogP contribution is -2.45. The van der Waals surface area contributed by atoms with Gasteiger partial charge in [0.1, 0.15) is 11.4 Å². The van der Waals surface area contributed by atoms with Gasteiger partial charge in [-0.05, 0) is 44.2 Å². The Bertz CT molecular complexity index is 1010. The van der Waals surface area contributed by atoms with E-state index in [1.807, 2.05) is 24.3 Å². The first-order valence-electron chi connectivity index (χ1n) is 9.79. The van der Waals surface area contributed by atoms with E-state index in [9.17, 15) is 4.79 Å². The number of aromatic nitrogens is 1. The highest BCUT2D eigenvalue weighted by Crippen LogP contribution is 2.39. The zero-order valence-corrected chi connectivity index (χ0v) is 16.9. The number of ether oxygens (including phenoxy) is 2. The van der Waals surface area contributed by atoms with Crippen LogP contribution in [-0.4, -0.2) is 43.3 Å². The van der Waals surface area contributed by atoms with Gasteiger partial charge in [0.25, 0.3) is 5.91 Å². The lowest BCUT2D eigenvalue weighted by atomic mass is 10.0. The van der Waals surface area contributed by atoms with Crippen molar-refractivity contribution >= 4 is 28.1 Å². The molecule has 1 saturated heterocycles. The van der Waals surface area contributed by atoms with Crippen LogP contribution in [0.25, 0.3) is 10.8 Å². The maximum absolute atomic E-state index is 12.8. The molecule has 3 aromatic rings. The number of methoxy groups -OCH3 is 1. The molecule has 1 aliphatic heterocycles. The molecule has 1 amide bonds. The first-order chi connectivity index (χ1) is 14.1. The summed E-state index contributed by atoms with van der Waals surface area (Å²) in [6.45, 7) is 5.73. The van der Waals surface area contributed by atoms with Crippen molar-refractivity contribution in [3.63, 3.8) is 0 Å². The zero-order chi connectivity index (χ0) is 20.4. The summed E-state index contributed by atoms with van der Waals surface area (Å²) < 4.78 is 11.5. The number of benzene rings is 2. The van der Waals surface area contributed by atoms with Gasteiger partial charge in [-0.25, -0.2) is 0 Å². The summed E-state index contributed by atoms with van der Waals surface area (Å²) >= 11 is 0. The number of carbonyl (C=O) groups is 1. The molecule has 6 heteroatoms. The molecular weight excluding hydrogens is 366 g/mol. The van der Waals surface area contributed by atoms with Gasteiger partial charge in [-0.15, -0.1) is 0 Å². The van der Waals surface area contributed by atoms with Crippen molar-refractivity contribution in [3.05, 3.63) is 60.4 Å². The SMILES string of the molecule is COc1ccc(N2CC(C)OC(C)C2)c2c(NC(=O)c3ccccn3)cccc12. The third-order valence-corrected chi connectivity index (χ3v) is 5.10. The Hall–Kier alpha value is -3.12. The molecule has 150 valence electrons. The van der Waals surface area contributed by atoms with Gasteiger partial charge in [-0.3, -0.25) is 9.78 Å². The largest absolute Gasteiger partial charge is 0.496 e. The average Bonchev–Trinajstić information content (AvgIpc) is 2.73. The Morgan fingerprint density at radius 3 is 2.59 bits per heavy atom. The second kappa shape index (κ2) is 8.09. The number of hydrogen-bond donors (Lipinski definition) is 1. The van der Waals surface area contributed by atoms with Crippen molar-refractivity contribution < 1.29 is 14.3 Å². The number of amides is 1. The number of fused-ring (bicyclic) bond motifs is 1.